The van der Waals surface area contributed by atoms with E-state index in [0.29, 0.717) is 18.1 Å². The molecule has 0 radical (unpaired) electrons. The Morgan fingerprint density at radius 3 is 3.00 bits per heavy atom. The van der Waals surface area contributed by atoms with Gasteiger partial charge < -0.3 is 4.74 Å². The molecule has 0 unspecified atom stereocenters. The molecule has 2 aromatic rings. The Hall–Kier alpha value is -2.34. The van der Waals surface area contributed by atoms with Gasteiger partial charge in [0.2, 0.25) is 5.88 Å². The summed E-state index contributed by atoms with van der Waals surface area (Å²) in [5.41, 5.74) is 1.34. The second kappa shape index (κ2) is 4.45. The summed E-state index contributed by atoms with van der Waals surface area (Å²) in [5, 5.41) is 9.88. The van der Waals surface area contributed by atoms with Gasteiger partial charge in [0.05, 0.1) is 11.1 Å². The summed E-state index contributed by atoms with van der Waals surface area (Å²) in [7, 11) is 0. The average molecular weight is 210 g/mol. The highest BCUT2D eigenvalue weighted by Gasteiger charge is 2.04. The number of ether oxygens (including phenoxy) is 1. The number of pyridine rings is 1. The molecule has 0 aliphatic heterocycles. The van der Waals surface area contributed by atoms with Crippen LogP contribution in [0.2, 0.25) is 0 Å². The number of hydrogen-bond acceptors (Lipinski definition) is 3. The first-order chi connectivity index (χ1) is 7.85. The molecule has 3 nitrogen and oxygen atoms in total. The second-order valence-electron chi connectivity index (χ2n) is 3.24. The van der Waals surface area contributed by atoms with E-state index in [-0.39, 0.29) is 0 Å². The summed E-state index contributed by atoms with van der Waals surface area (Å²) in [4.78, 5) is 4.30. The van der Waals surface area contributed by atoms with E-state index in [1.54, 1.807) is 12.1 Å². The summed E-state index contributed by atoms with van der Waals surface area (Å²) >= 11 is 0. The van der Waals surface area contributed by atoms with Crippen molar-refractivity contribution < 1.29 is 4.74 Å². The molecule has 0 atom stereocenters. The number of benzene rings is 1. The van der Waals surface area contributed by atoms with Crippen molar-refractivity contribution in [3.8, 4) is 11.9 Å². The molecule has 0 amide bonds. The first-order valence-corrected chi connectivity index (χ1v) is 4.88. The van der Waals surface area contributed by atoms with Crippen LogP contribution in [0, 0.1) is 11.3 Å². The quantitative estimate of drug-likeness (QED) is 0.731. The molecule has 0 N–H and O–H groups in total. The Morgan fingerprint density at radius 2 is 2.25 bits per heavy atom. The van der Waals surface area contributed by atoms with Gasteiger partial charge in [-0.25, -0.2) is 4.98 Å². The second-order valence-corrected chi connectivity index (χ2v) is 3.24. The van der Waals surface area contributed by atoms with Crippen molar-refractivity contribution in [1.29, 1.82) is 5.26 Å². The zero-order chi connectivity index (χ0) is 11.4. The largest absolute Gasteiger partial charge is 0.473 e. The van der Waals surface area contributed by atoms with Gasteiger partial charge in [-0.15, -0.1) is 0 Å². The monoisotopic (exact) mass is 210 g/mol. The standard InChI is InChI=1S/C13H10N2O/c1-2-7-16-13-8-10(9-14)11-5-3-4-6-12(11)15-13/h2-6,8H,1,7H2. The van der Waals surface area contributed by atoms with Crippen LogP contribution in [0.25, 0.3) is 10.9 Å². The van der Waals surface area contributed by atoms with Crippen molar-refractivity contribution in [3.05, 3.63) is 48.6 Å². The van der Waals surface area contributed by atoms with E-state index < -0.39 is 0 Å². The van der Waals surface area contributed by atoms with Gasteiger partial charge in [-0.3, -0.25) is 0 Å². The van der Waals surface area contributed by atoms with E-state index in [9.17, 15) is 0 Å². The molecule has 1 aromatic carbocycles. The summed E-state index contributed by atoms with van der Waals surface area (Å²) in [5.74, 6) is 0.454. The molecule has 1 aromatic heterocycles. The van der Waals surface area contributed by atoms with Crippen molar-refractivity contribution in [3.63, 3.8) is 0 Å². The van der Waals surface area contributed by atoms with Crippen molar-refractivity contribution in [2.75, 3.05) is 6.61 Å². The molecule has 16 heavy (non-hydrogen) atoms. The number of para-hydroxylation sites is 1. The average Bonchev–Trinajstić information content (AvgIpc) is 2.35. The molecule has 0 bridgehead atoms. The van der Waals surface area contributed by atoms with Crippen LogP contribution in [0.4, 0.5) is 0 Å². The van der Waals surface area contributed by atoms with Gasteiger partial charge in [-0.2, -0.15) is 5.26 Å². The third kappa shape index (κ3) is 1.86. The van der Waals surface area contributed by atoms with Gasteiger partial charge >= 0.3 is 0 Å². The Morgan fingerprint density at radius 1 is 1.44 bits per heavy atom. The van der Waals surface area contributed by atoms with E-state index in [2.05, 4.69) is 17.6 Å². The summed E-state index contributed by atoms with van der Waals surface area (Å²) in [6.07, 6.45) is 1.64. The van der Waals surface area contributed by atoms with Crippen LogP contribution in [-0.2, 0) is 0 Å². The fourth-order valence-electron chi connectivity index (χ4n) is 1.46. The topological polar surface area (TPSA) is 45.9 Å². The fraction of sp³-hybridized carbons (Fsp3) is 0.0769. The Labute approximate surface area is 93.6 Å². The van der Waals surface area contributed by atoms with Crippen LogP contribution in [0.1, 0.15) is 5.56 Å². The van der Waals surface area contributed by atoms with Crippen molar-refractivity contribution in [2.24, 2.45) is 0 Å². The zero-order valence-electron chi connectivity index (χ0n) is 8.68. The van der Waals surface area contributed by atoms with E-state index >= 15 is 0 Å². The number of fused-ring (bicyclic) bond motifs is 1. The maximum atomic E-state index is 9.03. The number of aromatic nitrogens is 1. The van der Waals surface area contributed by atoms with Crippen LogP contribution in [0.15, 0.2) is 43.0 Å². The molecule has 0 saturated carbocycles. The predicted molar refractivity (Wildman–Crippen MR) is 62.2 cm³/mol. The highest BCUT2D eigenvalue weighted by Crippen LogP contribution is 2.21. The SMILES string of the molecule is C=CCOc1cc(C#N)c2ccccc2n1. The molecular formula is C13H10N2O. The van der Waals surface area contributed by atoms with Crippen LogP contribution in [0.5, 0.6) is 5.88 Å². The normalized spacial score (nSPS) is 9.69. The molecule has 0 spiro atoms. The summed E-state index contributed by atoms with van der Waals surface area (Å²) in [6.45, 7) is 3.95. The minimum atomic E-state index is 0.385. The lowest BCUT2D eigenvalue weighted by molar-refractivity contribution is 0.350. The molecule has 3 heteroatoms. The highest BCUT2D eigenvalue weighted by molar-refractivity contribution is 5.85. The first-order valence-electron chi connectivity index (χ1n) is 4.88. The van der Waals surface area contributed by atoms with Crippen LogP contribution in [0.3, 0.4) is 0 Å². The summed E-state index contributed by atoms with van der Waals surface area (Å²) in [6, 6.07) is 11.3. The van der Waals surface area contributed by atoms with Crippen molar-refractivity contribution in [1.82, 2.24) is 4.98 Å². The number of rotatable bonds is 3. The van der Waals surface area contributed by atoms with Gasteiger partial charge in [0.25, 0.3) is 0 Å². The lowest BCUT2D eigenvalue weighted by Crippen LogP contribution is -1.96. The van der Waals surface area contributed by atoms with Gasteiger partial charge in [-0.05, 0) is 6.07 Å². The molecule has 0 aliphatic rings. The Kier molecular flexibility index (Phi) is 2.84. The maximum Gasteiger partial charge on any atom is 0.215 e. The summed E-state index contributed by atoms with van der Waals surface area (Å²) < 4.78 is 5.33. The molecule has 78 valence electrons. The van der Waals surface area contributed by atoms with Crippen molar-refractivity contribution in [2.45, 2.75) is 0 Å². The van der Waals surface area contributed by atoms with Crippen molar-refractivity contribution >= 4 is 10.9 Å². The lowest BCUT2D eigenvalue weighted by Gasteiger charge is -2.05. The van der Waals surface area contributed by atoms with Crippen LogP contribution in [-0.4, -0.2) is 11.6 Å². The molecule has 0 fully saturated rings. The van der Waals surface area contributed by atoms with Gasteiger partial charge in [0.1, 0.15) is 12.7 Å². The van der Waals surface area contributed by atoms with Crippen LogP contribution >= 0.6 is 0 Å². The minimum absolute atomic E-state index is 0.385. The molecule has 2 rings (SSSR count). The third-order valence-corrected chi connectivity index (χ3v) is 2.16. The first kappa shape index (κ1) is 10.2. The minimum Gasteiger partial charge on any atom is -0.473 e. The molecular weight excluding hydrogens is 200 g/mol. The third-order valence-electron chi connectivity index (χ3n) is 2.16. The maximum absolute atomic E-state index is 9.03. The molecule has 0 aliphatic carbocycles. The van der Waals surface area contributed by atoms with Crippen LogP contribution < -0.4 is 4.74 Å². The Bertz CT molecular complexity index is 570. The van der Waals surface area contributed by atoms with Gasteiger partial charge in [0, 0.05) is 11.5 Å². The molecule has 0 saturated heterocycles. The lowest BCUT2D eigenvalue weighted by atomic mass is 10.1. The predicted octanol–water partition coefficient (Wildman–Crippen LogP) is 2.67. The van der Waals surface area contributed by atoms with Gasteiger partial charge in [-0.1, -0.05) is 30.9 Å². The van der Waals surface area contributed by atoms with E-state index in [0.717, 1.165) is 10.9 Å². The number of nitriles is 1. The fourth-order valence-corrected chi connectivity index (χ4v) is 1.46. The zero-order valence-corrected chi connectivity index (χ0v) is 8.68. The number of hydrogen-bond donors (Lipinski definition) is 0. The Balaban J connectivity index is 2.55. The van der Waals surface area contributed by atoms with E-state index in [1.807, 2.05) is 24.3 Å². The van der Waals surface area contributed by atoms with E-state index in [4.69, 9.17) is 10.00 Å². The number of nitrogens with zero attached hydrogens (tertiary/aromatic N) is 2. The van der Waals surface area contributed by atoms with Gasteiger partial charge in [0.15, 0.2) is 0 Å². The molecule has 1 heterocycles. The van der Waals surface area contributed by atoms with E-state index in [1.165, 1.54) is 0 Å². The smallest absolute Gasteiger partial charge is 0.215 e. The highest BCUT2D eigenvalue weighted by atomic mass is 16.5.